The summed E-state index contributed by atoms with van der Waals surface area (Å²) in [6, 6.07) is 34.8. The normalized spacial score (nSPS) is 12.9. The number of hydrogen-bond donors (Lipinski definition) is 2. The molecule has 0 aliphatic carbocycles. The van der Waals surface area contributed by atoms with Gasteiger partial charge in [-0.1, -0.05) is 0 Å². The van der Waals surface area contributed by atoms with Crippen molar-refractivity contribution in [1.82, 2.24) is 10.6 Å². The van der Waals surface area contributed by atoms with Gasteiger partial charge in [0.05, 0.1) is 0 Å². The zero-order valence-corrected chi connectivity index (χ0v) is 36.8. The quantitative estimate of drug-likeness (QED) is 0.0894. The van der Waals surface area contributed by atoms with Gasteiger partial charge in [0, 0.05) is 0 Å². The molecule has 0 heterocycles. The Kier molecular flexibility index (Phi) is 23.8. The van der Waals surface area contributed by atoms with Gasteiger partial charge in [0.15, 0.2) is 0 Å². The van der Waals surface area contributed by atoms with Crippen molar-refractivity contribution in [1.29, 1.82) is 0 Å². The Morgan fingerprint density at radius 2 is 0.745 bits per heavy atom. The van der Waals surface area contributed by atoms with Crippen LogP contribution in [-0.4, -0.2) is 76.8 Å². The molecule has 0 aliphatic rings. The average molecular weight is 926 g/mol. The first kappa shape index (κ1) is 51.4. The molecule has 4 aromatic carbocycles. The van der Waals surface area contributed by atoms with Gasteiger partial charge in [-0.2, -0.15) is 0 Å². The van der Waals surface area contributed by atoms with Crippen LogP contribution in [0.4, 0.5) is 0 Å². The van der Waals surface area contributed by atoms with Gasteiger partial charge >= 0.3 is 315 Å². The fourth-order valence-electron chi connectivity index (χ4n) is 4.81. The van der Waals surface area contributed by atoms with Gasteiger partial charge < -0.3 is 21.9 Å². The number of para-hydroxylation sites is 4. The minimum absolute atomic E-state index is 0. The summed E-state index contributed by atoms with van der Waals surface area (Å²) in [6.07, 6.45) is 0.577. The molecule has 0 fully saturated rings. The topological polar surface area (TPSA) is 264 Å². The summed E-state index contributed by atoms with van der Waals surface area (Å²) in [5.74, 6) is -1.22. The van der Waals surface area contributed by atoms with E-state index in [1.165, 1.54) is 13.8 Å². The molecule has 4 unspecified atom stereocenters. The maximum Gasteiger partial charge on any atom is -0.412 e. The summed E-state index contributed by atoms with van der Waals surface area (Å²) < 4.78 is 59.3. The second-order valence-corrected chi connectivity index (χ2v) is 23.7. The molecule has 4 radical (unpaired) electrons. The smallest absolute Gasteiger partial charge is 0.412 e. The zero-order valence-electron chi connectivity index (χ0n) is 30.8. The van der Waals surface area contributed by atoms with E-state index >= 15 is 0 Å². The molecule has 55 heavy (non-hydrogen) atoms. The van der Waals surface area contributed by atoms with Crippen molar-refractivity contribution >= 4 is 58.5 Å². The molecule has 4 atom stereocenters. The van der Waals surface area contributed by atoms with Crippen molar-refractivity contribution in [3.8, 4) is 23.0 Å². The number of rotatable bonds is 20. The van der Waals surface area contributed by atoms with Crippen LogP contribution in [0.3, 0.4) is 0 Å². The number of nitrogens with one attached hydrogen (secondary N) is 2. The molecule has 4 aromatic rings. The Morgan fingerprint density at radius 1 is 0.509 bits per heavy atom. The molecule has 0 saturated carbocycles. The van der Waals surface area contributed by atoms with E-state index in [9.17, 15) is 18.7 Å². The predicted octanol–water partition coefficient (Wildman–Crippen LogP) is 4.97. The van der Waals surface area contributed by atoms with E-state index in [0.29, 0.717) is 23.0 Å². The van der Waals surface area contributed by atoms with E-state index in [0.717, 1.165) is 0 Å². The molecule has 19 heteroatoms. The fourth-order valence-corrected chi connectivity index (χ4v) is 17.2. The summed E-state index contributed by atoms with van der Waals surface area (Å²) in [5, 5.41) is 5.63. The molecule has 2 amide bonds. The molecule has 0 aliphatic heterocycles. The maximum atomic E-state index is 14.5. The van der Waals surface area contributed by atoms with Crippen molar-refractivity contribution in [2.75, 3.05) is 0 Å². The van der Waals surface area contributed by atoms with Crippen LogP contribution in [0.2, 0.25) is 9.50 Å². The fraction of sp³-hybridized carbons (Fsp3) is 0.278. The van der Waals surface area contributed by atoms with Gasteiger partial charge in [0.1, 0.15) is 0 Å². The minimum atomic E-state index is -4.00. The molecule has 4 rings (SSSR count). The number of carbonyl (C=O) groups is 2. The molecule has 0 saturated heterocycles. The first-order valence-corrected chi connectivity index (χ1v) is 23.7. The Morgan fingerprint density at radius 3 is 0.964 bits per heavy atom. The third-order valence-corrected chi connectivity index (χ3v) is 16.9. The predicted molar refractivity (Wildman–Crippen MR) is 214 cm³/mol. The number of hydrogen-bond acceptors (Lipinski definition) is 9. The zero-order chi connectivity index (χ0) is 36.7. The standard InChI is InChI=1S/C36H42Ge2N2O9P2.4H2O/c1-27(25-35(39-29(3)41)50(43,45-31-17-9-5-10-18-31)46-32-19-11-6-12-20-32)37-49-38-28(2)26-36(40-30(4)42)51(44,47-33-21-13-7-14-22-33)48-34-23-15-8-16-24-34;;;;/h5-24,27-28,35-36H,25-26H2,1-4H3,(H,39,41)(H,40,42);4*1H2. The van der Waals surface area contributed by atoms with E-state index in [2.05, 4.69) is 10.6 Å². The van der Waals surface area contributed by atoms with Crippen molar-refractivity contribution < 1.29 is 61.5 Å². The summed E-state index contributed by atoms with van der Waals surface area (Å²) in [7, 11) is -8.00. The van der Waals surface area contributed by atoms with Crippen molar-refractivity contribution in [3.63, 3.8) is 0 Å². The second kappa shape index (κ2) is 25.5. The van der Waals surface area contributed by atoms with Gasteiger partial charge in [-0.15, -0.1) is 0 Å². The Balaban J connectivity index is 0.00000729. The summed E-state index contributed by atoms with van der Waals surface area (Å²) in [4.78, 5) is 24.7. The second-order valence-electron chi connectivity index (χ2n) is 11.7. The molecule has 0 spiro atoms. The molecule has 300 valence electrons. The summed E-state index contributed by atoms with van der Waals surface area (Å²) in [6.45, 7) is 6.69. The van der Waals surface area contributed by atoms with Gasteiger partial charge in [-0.3, -0.25) is 0 Å². The third kappa shape index (κ3) is 17.4. The van der Waals surface area contributed by atoms with E-state index in [4.69, 9.17) is 20.9 Å². The van der Waals surface area contributed by atoms with Crippen molar-refractivity contribution in [3.05, 3.63) is 121 Å². The van der Waals surface area contributed by atoms with Gasteiger partial charge in [0.25, 0.3) is 0 Å². The average Bonchev–Trinajstić information content (AvgIpc) is 3.09. The molecule has 15 nitrogen and oxygen atoms in total. The van der Waals surface area contributed by atoms with Crippen LogP contribution in [0, 0.1) is 0 Å². The number of carbonyl (C=O) groups excluding carboxylic acids is 2. The van der Waals surface area contributed by atoms with Crippen LogP contribution >= 0.6 is 15.2 Å². The van der Waals surface area contributed by atoms with Gasteiger partial charge in [-0.25, -0.2) is 0 Å². The minimum Gasteiger partial charge on any atom is -0.412 e. The van der Waals surface area contributed by atoms with Crippen LogP contribution in [0.1, 0.15) is 40.5 Å². The molecule has 0 bridgehead atoms. The van der Waals surface area contributed by atoms with Crippen LogP contribution < -0.4 is 28.7 Å². The van der Waals surface area contributed by atoms with E-state index < -0.39 is 58.3 Å². The van der Waals surface area contributed by atoms with E-state index in [-0.39, 0.29) is 56.1 Å². The van der Waals surface area contributed by atoms with Crippen LogP contribution in [0.15, 0.2) is 121 Å². The van der Waals surface area contributed by atoms with Crippen LogP contribution in [-0.2, 0) is 21.5 Å². The largest absolute Gasteiger partial charge is 0.412 e. The number of amides is 2. The Bertz CT molecular complexity index is 1550. The Labute approximate surface area is 335 Å². The molecular weight excluding hydrogens is 876 g/mol. The number of benzene rings is 4. The van der Waals surface area contributed by atoms with Gasteiger partial charge in [-0.05, 0) is 0 Å². The first-order valence-electron chi connectivity index (χ1n) is 16.3. The van der Waals surface area contributed by atoms with Gasteiger partial charge in [0.2, 0.25) is 0 Å². The van der Waals surface area contributed by atoms with Crippen molar-refractivity contribution in [2.45, 2.75) is 61.6 Å². The summed E-state index contributed by atoms with van der Waals surface area (Å²) >= 11 is -2.13. The monoisotopic (exact) mass is 928 g/mol. The van der Waals surface area contributed by atoms with E-state index in [1.807, 2.05) is 38.1 Å². The maximum absolute atomic E-state index is 14.5. The van der Waals surface area contributed by atoms with Crippen molar-refractivity contribution in [2.24, 2.45) is 0 Å². The Hall–Kier alpha value is -3.63. The summed E-state index contributed by atoms with van der Waals surface area (Å²) in [5.41, 5.74) is 0. The third-order valence-electron chi connectivity index (χ3n) is 7.08. The SMILES string of the molecule is CC(=O)NC(C[CH](C)[Ge][O][Ge][CH](C)CC(NC(C)=O)P(=O)(Oc1ccccc1)Oc1ccccc1)P(=O)(Oc1ccccc1)Oc1ccccc1.O.O.O.O. The van der Waals surface area contributed by atoms with E-state index in [1.54, 1.807) is 97.1 Å². The molecule has 10 N–H and O–H groups in total. The first-order chi connectivity index (χ1) is 24.4. The van der Waals surface area contributed by atoms with Crippen LogP contribution in [0.25, 0.3) is 0 Å². The molecule has 0 aromatic heterocycles. The molecular formula is C36H50Ge2N2O13P2. The van der Waals surface area contributed by atoms with Crippen LogP contribution in [0.5, 0.6) is 23.0 Å².